The standard InChI is InChI=1S/C27H28ClN5O3/c1-17-23(14-19(28)15-30-17)26(34)31-20-7-5-18(6-8-20)16-32-24-4-3-13-29-25(24)33(27(32)35)21-9-11-22(36-2)12-10-21/h3-4,9-15,18,20H,5-8,16H2,1-2H3,(H,31,34)/t18-,20-. The van der Waals surface area contributed by atoms with E-state index in [1.54, 1.807) is 37.1 Å². The van der Waals surface area contributed by atoms with Crippen LogP contribution in [0.15, 0.2) is 59.7 Å². The molecular formula is C27H28ClN5O3. The number of pyridine rings is 2. The summed E-state index contributed by atoms with van der Waals surface area (Å²) in [6, 6.07) is 12.9. The Morgan fingerprint density at radius 2 is 1.89 bits per heavy atom. The molecule has 1 aliphatic carbocycles. The van der Waals surface area contributed by atoms with Gasteiger partial charge in [-0.1, -0.05) is 11.6 Å². The van der Waals surface area contributed by atoms with Crippen molar-refractivity contribution in [2.24, 2.45) is 5.92 Å². The molecule has 1 aliphatic rings. The first kappa shape index (κ1) is 24.1. The third kappa shape index (κ3) is 4.73. The van der Waals surface area contributed by atoms with Crippen LogP contribution in [0, 0.1) is 12.8 Å². The summed E-state index contributed by atoms with van der Waals surface area (Å²) in [6.07, 6.45) is 6.79. The summed E-state index contributed by atoms with van der Waals surface area (Å²) in [5.41, 5.74) is 3.27. The van der Waals surface area contributed by atoms with Crippen LogP contribution in [0.3, 0.4) is 0 Å². The Kier molecular flexibility index (Phi) is 6.78. The van der Waals surface area contributed by atoms with E-state index in [-0.39, 0.29) is 17.6 Å². The van der Waals surface area contributed by atoms with E-state index in [0.29, 0.717) is 34.4 Å². The molecule has 3 aromatic heterocycles. The first-order chi connectivity index (χ1) is 17.4. The number of hydrogen-bond donors (Lipinski definition) is 1. The summed E-state index contributed by atoms with van der Waals surface area (Å²) < 4.78 is 8.74. The number of rotatable bonds is 6. The zero-order valence-corrected chi connectivity index (χ0v) is 21.0. The van der Waals surface area contributed by atoms with Crippen molar-refractivity contribution in [1.29, 1.82) is 0 Å². The molecule has 8 nitrogen and oxygen atoms in total. The van der Waals surface area contributed by atoms with Crippen molar-refractivity contribution in [2.75, 3.05) is 7.11 Å². The molecule has 9 heteroatoms. The quantitative estimate of drug-likeness (QED) is 0.415. The highest BCUT2D eigenvalue weighted by Crippen LogP contribution is 2.27. The third-order valence-electron chi connectivity index (χ3n) is 6.94. The van der Waals surface area contributed by atoms with Gasteiger partial charge < -0.3 is 10.1 Å². The molecule has 0 spiro atoms. The van der Waals surface area contributed by atoms with Gasteiger partial charge >= 0.3 is 5.69 Å². The fourth-order valence-electron chi connectivity index (χ4n) is 4.97. The van der Waals surface area contributed by atoms with E-state index >= 15 is 0 Å². The maximum atomic E-state index is 13.5. The van der Waals surface area contributed by atoms with Crippen molar-refractivity contribution in [2.45, 2.75) is 45.2 Å². The Morgan fingerprint density at radius 3 is 2.61 bits per heavy atom. The molecule has 0 atom stereocenters. The van der Waals surface area contributed by atoms with Crippen LogP contribution in [-0.4, -0.2) is 38.2 Å². The van der Waals surface area contributed by atoms with E-state index < -0.39 is 0 Å². The molecule has 0 aliphatic heterocycles. The van der Waals surface area contributed by atoms with Crippen LogP contribution in [-0.2, 0) is 6.54 Å². The molecule has 0 saturated heterocycles. The smallest absolute Gasteiger partial charge is 0.334 e. The molecule has 1 N–H and O–H groups in total. The Bertz CT molecular complexity index is 1450. The highest BCUT2D eigenvalue weighted by Gasteiger charge is 2.26. The number of benzene rings is 1. The highest BCUT2D eigenvalue weighted by atomic mass is 35.5. The molecule has 186 valence electrons. The van der Waals surface area contributed by atoms with Gasteiger partial charge in [-0.25, -0.2) is 14.3 Å². The van der Waals surface area contributed by atoms with Gasteiger partial charge in [0.2, 0.25) is 0 Å². The summed E-state index contributed by atoms with van der Waals surface area (Å²) in [5, 5.41) is 3.58. The average Bonchev–Trinajstić information content (AvgIpc) is 3.17. The second-order valence-electron chi connectivity index (χ2n) is 9.25. The van der Waals surface area contributed by atoms with Gasteiger partial charge in [0.15, 0.2) is 5.65 Å². The molecule has 1 fully saturated rings. The van der Waals surface area contributed by atoms with Crippen LogP contribution in [0.2, 0.25) is 5.02 Å². The fraction of sp³-hybridized carbons (Fsp3) is 0.333. The van der Waals surface area contributed by atoms with Crippen molar-refractivity contribution >= 4 is 28.7 Å². The fourth-order valence-corrected chi connectivity index (χ4v) is 5.13. The maximum Gasteiger partial charge on any atom is 0.334 e. The number of aryl methyl sites for hydroxylation is 1. The molecular weight excluding hydrogens is 478 g/mol. The number of imidazole rings is 1. The molecule has 4 aromatic rings. The van der Waals surface area contributed by atoms with Crippen LogP contribution in [0.1, 0.15) is 41.7 Å². The van der Waals surface area contributed by atoms with Gasteiger partial charge in [0.25, 0.3) is 5.91 Å². The van der Waals surface area contributed by atoms with Crippen LogP contribution in [0.5, 0.6) is 5.75 Å². The van der Waals surface area contributed by atoms with Crippen molar-refractivity contribution < 1.29 is 9.53 Å². The monoisotopic (exact) mass is 505 g/mol. The zero-order chi connectivity index (χ0) is 25.2. The van der Waals surface area contributed by atoms with Crippen LogP contribution < -0.4 is 15.7 Å². The number of aromatic nitrogens is 4. The molecule has 3 heterocycles. The normalized spacial score (nSPS) is 17.8. The minimum absolute atomic E-state index is 0.0890. The minimum Gasteiger partial charge on any atom is -0.497 e. The second-order valence-corrected chi connectivity index (χ2v) is 9.69. The minimum atomic E-state index is -0.143. The predicted octanol–water partition coefficient (Wildman–Crippen LogP) is 4.54. The number of nitrogens with one attached hydrogen (secondary N) is 1. The van der Waals surface area contributed by atoms with Crippen LogP contribution in [0.25, 0.3) is 16.9 Å². The molecule has 36 heavy (non-hydrogen) atoms. The second kappa shape index (κ2) is 10.1. The number of carbonyl (C=O) groups excluding carboxylic acids is 1. The van der Waals surface area contributed by atoms with Crippen molar-refractivity contribution in [3.05, 3.63) is 81.6 Å². The van der Waals surface area contributed by atoms with E-state index in [9.17, 15) is 9.59 Å². The van der Waals surface area contributed by atoms with Crippen molar-refractivity contribution in [3.63, 3.8) is 0 Å². The molecule has 1 amide bonds. The Balaban J connectivity index is 1.30. The molecule has 0 bridgehead atoms. The number of amides is 1. The summed E-state index contributed by atoms with van der Waals surface area (Å²) in [6.45, 7) is 2.42. The summed E-state index contributed by atoms with van der Waals surface area (Å²) >= 11 is 6.03. The SMILES string of the molecule is COc1ccc(-n2c(=O)n(C[C@H]3CC[C@H](NC(=O)c4cc(Cl)cnc4C)CC3)c3cccnc32)cc1. The lowest BCUT2D eigenvalue weighted by atomic mass is 9.85. The van der Waals surface area contributed by atoms with Gasteiger partial charge in [-0.05, 0) is 81.0 Å². The largest absolute Gasteiger partial charge is 0.497 e. The lowest BCUT2D eigenvalue weighted by molar-refractivity contribution is 0.0919. The number of ether oxygens (including phenoxy) is 1. The number of nitrogens with zero attached hydrogens (tertiary/aromatic N) is 4. The predicted molar refractivity (Wildman–Crippen MR) is 139 cm³/mol. The summed E-state index contributed by atoms with van der Waals surface area (Å²) in [7, 11) is 1.62. The number of methoxy groups -OCH3 is 1. The van der Waals surface area contributed by atoms with Gasteiger partial charge in [0.05, 0.1) is 34.6 Å². The van der Waals surface area contributed by atoms with E-state index in [2.05, 4.69) is 15.3 Å². The van der Waals surface area contributed by atoms with Crippen molar-refractivity contribution in [3.8, 4) is 11.4 Å². The highest BCUT2D eigenvalue weighted by molar-refractivity contribution is 6.30. The van der Waals surface area contributed by atoms with E-state index in [1.807, 2.05) is 41.0 Å². The number of hydrogen-bond acceptors (Lipinski definition) is 5. The lowest BCUT2D eigenvalue weighted by Gasteiger charge is -2.29. The van der Waals surface area contributed by atoms with Gasteiger partial charge in [0, 0.05) is 25.0 Å². The molecule has 1 aromatic carbocycles. The van der Waals surface area contributed by atoms with E-state index in [4.69, 9.17) is 16.3 Å². The van der Waals surface area contributed by atoms with Crippen LogP contribution in [0.4, 0.5) is 0 Å². The first-order valence-corrected chi connectivity index (χ1v) is 12.5. The lowest BCUT2D eigenvalue weighted by Crippen LogP contribution is -2.39. The third-order valence-corrected chi connectivity index (χ3v) is 7.15. The maximum absolute atomic E-state index is 13.5. The Morgan fingerprint density at radius 1 is 1.14 bits per heavy atom. The first-order valence-electron chi connectivity index (χ1n) is 12.1. The van der Waals surface area contributed by atoms with Gasteiger partial charge in [-0.15, -0.1) is 0 Å². The van der Waals surface area contributed by atoms with Gasteiger partial charge in [0.1, 0.15) is 5.75 Å². The summed E-state index contributed by atoms with van der Waals surface area (Å²) in [5.74, 6) is 0.922. The van der Waals surface area contributed by atoms with E-state index in [1.165, 1.54) is 0 Å². The summed E-state index contributed by atoms with van der Waals surface area (Å²) in [4.78, 5) is 35.0. The average molecular weight is 506 g/mol. The number of halogens is 1. The molecule has 0 unspecified atom stereocenters. The number of carbonyl (C=O) groups is 1. The topological polar surface area (TPSA) is 91.0 Å². The van der Waals surface area contributed by atoms with Gasteiger partial charge in [-0.2, -0.15) is 0 Å². The van der Waals surface area contributed by atoms with Gasteiger partial charge in [-0.3, -0.25) is 14.3 Å². The number of fused-ring (bicyclic) bond motifs is 1. The Labute approximate surface area is 213 Å². The molecule has 1 saturated carbocycles. The van der Waals surface area contributed by atoms with Crippen LogP contribution >= 0.6 is 11.6 Å². The van der Waals surface area contributed by atoms with Crippen molar-refractivity contribution in [1.82, 2.24) is 24.4 Å². The molecule has 5 rings (SSSR count). The molecule has 0 radical (unpaired) electrons. The van der Waals surface area contributed by atoms with E-state index in [0.717, 1.165) is 42.6 Å². The zero-order valence-electron chi connectivity index (χ0n) is 20.3. The Hall–Kier alpha value is -3.65.